The van der Waals surface area contributed by atoms with Crippen LogP contribution in [-0.2, 0) is 0 Å². The molecule has 0 saturated carbocycles. The van der Waals surface area contributed by atoms with Gasteiger partial charge in [0.25, 0.3) is 0 Å². The van der Waals surface area contributed by atoms with Crippen molar-refractivity contribution in [2.24, 2.45) is 0 Å². The van der Waals surface area contributed by atoms with Gasteiger partial charge in [-0.25, -0.2) is 0 Å². The van der Waals surface area contributed by atoms with Crippen LogP contribution in [0.3, 0.4) is 0 Å². The van der Waals surface area contributed by atoms with Gasteiger partial charge in [0.15, 0.2) is 5.16 Å². The molecule has 1 rings (SSSR count). The quantitative estimate of drug-likeness (QED) is 0.686. The molecule has 0 aliphatic carbocycles. The third-order valence-electron chi connectivity index (χ3n) is 1.63. The summed E-state index contributed by atoms with van der Waals surface area (Å²) in [4.78, 5) is 12.3. The van der Waals surface area contributed by atoms with Gasteiger partial charge < -0.3 is 15.2 Å². The van der Waals surface area contributed by atoms with Gasteiger partial charge in [0.2, 0.25) is 5.95 Å². The lowest BCUT2D eigenvalue weighted by atomic mass is 10.5. The Morgan fingerprint density at radius 1 is 1.38 bits per heavy atom. The second kappa shape index (κ2) is 7.24. The van der Waals surface area contributed by atoms with Gasteiger partial charge in [0, 0.05) is 12.3 Å². The highest BCUT2D eigenvalue weighted by molar-refractivity contribution is 7.99. The van der Waals surface area contributed by atoms with Crippen LogP contribution in [0.15, 0.2) is 5.16 Å². The highest BCUT2D eigenvalue weighted by Crippen LogP contribution is 2.16. The van der Waals surface area contributed by atoms with E-state index < -0.39 is 0 Å². The fourth-order valence-corrected chi connectivity index (χ4v) is 1.51. The molecule has 0 amide bonds. The van der Waals surface area contributed by atoms with Crippen LogP contribution in [-0.4, -0.2) is 46.1 Å². The molecule has 0 spiro atoms. The van der Waals surface area contributed by atoms with Crippen molar-refractivity contribution in [2.45, 2.75) is 18.5 Å². The van der Waals surface area contributed by atoms with Gasteiger partial charge in [-0.15, -0.1) is 0 Å². The minimum absolute atomic E-state index is 0.0936. The summed E-state index contributed by atoms with van der Waals surface area (Å²) in [5, 5.41) is 12.3. The van der Waals surface area contributed by atoms with Crippen molar-refractivity contribution in [3.63, 3.8) is 0 Å². The lowest BCUT2D eigenvalue weighted by Crippen LogP contribution is -2.07. The lowest BCUT2D eigenvalue weighted by Gasteiger charge is -2.06. The smallest absolute Gasteiger partial charge is 0.321 e. The molecule has 0 aliphatic heterocycles. The molecular weight excluding hydrogens is 228 g/mol. The normalized spacial score (nSPS) is 10.2. The Balaban J connectivity index is 2.74. The van der Waals surface area contributed by atoms with Crippen LogP contribution in [0.25, 0.3) is 0 Å². The first-order valence-electron chi connectivity index (χ1n) is 5.07. The summed E-state index contributed by atoms with van der Waals surface area (Å²) in [6.07, 6.45) is 0.993. The number of hydrogen-bond donors (Lipinski definition) is 2. The van der Waals surface area contributed by atoms with Crippen molar-refractivity contribution < 1.29 is 9.84 Å². The van der Waals surface area contributed by atoms with Crippen LogP contribution in [0, 0.1) is 0 Å². The number of nitrogens with one attached hydrogen (secondary N) is 1. The van der Waals surface area contributed by atoms with E-state index in [0.717, 1.165) is 13.0 Å². The summed E-state index contributed by atoms with van der Waals surface area (Å²) in [6, 6.07) is 0.286. The van der Waals surface area contributed by atoms with E-state index in [4.69, 9.17) is 9.84 Å². The van der Waals surface area contributed by atoms with Crippen LogP contribution in [0.1, 0.15) is 13.3 Å². The van der Waals surface area contributed by atoms with E-state index in [2.05, 4.69) is 27.2 Å². The number of hydrogen-bond acceptors (Lipinski definition) is 7. The minimum Gasteiger partial charge on any atom is -0.467 e. The molecule has 2 N–H and O–H groups in total. The third kappa shape index (κ3) is 4.19. The molecule has 16 heavy (non-hydrogen) atoms. The van der Waals surface area contributed by atoms with Crippen molar-refractivity contribution in [1.82, 2.24) is 15.0 Å². The Morgan fingerprint density at radius 3 is 2.81 bits per heavy atom. The van der Waals surface area contributed by atoms with E-state index in [0.29, 0.717) is 16.9 Å². The van der Waals surface area contributed by atoms with Crippen LogP contribution < -0.4 is 10.1 Å². The molecule has 1 aromatic rings. The first-order valence-corrected chi connectivity index (χ1v) is 6.06. The van der Waals surface area contributed by atoms with E-state index in [-0.39, 0.29) is 12.6 Å². The average molecular weight is 244 g/mol. The van der Waals surface area contributed by atoms with Gasteiger partial charge in [-0.2, -0.15) is 15.0 Å². The van der Waals surface area contributed by atoms with E-state index in [9.17, 15) is 0 Å². The Morgan fingerprint density at radius 2 is 2.19 bits per heavy atom. The van der Waals surface area contributed by atoms with Crippen LogP contribution >= 0.6 is 11.8 Å². The number of aliphatic hydroxyl groups excluding tert-OH is 1. The maximum Gasteiger partial charge on any atom is 0.321 e. The zero-order valence-electron chi connectivity index (χ0n) is 9.43. The van der Waals surface area contributed by atoms with Crippen molar-refractivity contribution in [1.29, 1.82) is 0 Å². The molecule has 0 atom stereocenters. The van der Waals surface area contributed by atoms with Gasteiger partial charge in [-0.05, 0) is 6.42 Å². The van der Waals surface area contributed by atoms with E-state index in [1.807, 2.05) is 0 Å². The first-order chi connectivity index (χ1) is 7.80. The number of methoxy groups -OCH3 is 1. The zero-order valence-corrected chi connectivity index (χ0v) is 10.3. The van der Waals surface area contributed by atoms with E-state index in [1.165, 1.54) is 18.9 Å². The maximum atomic E-state index is 8.73. The minimum atomic E-state index is 0.0936. The topological polar surface area (TPSA) is 80.2 Å². The summed E-state index contributed by atoms with van der Waals surface area (Å²) in [6.45, 7) is 2.96. The number of aromatic nitrogens is 3. The number of ether oxygens (including phenoxy) is 1. The second-order valence-electron chi connectivity index (χ2n) is 2.93. The predicted octanol–water partition coefficient (Wildman–Crippen LogP) is 0.786. The molecule has 7 heteroatoms. The Bertz CT molecular complexity index is 298. The molecule has 90 valence electrons. The second-order valence-corrected chi connectivity index (χ2v) is 3.99. The highest BCUT2D eigenvalue weighted by Gasteiger charge is 2.06. The largest absolute Gasteiger partial charge is 0.467 e. The lowest BCUT2D eigenvalue weighted by molar-refractivity contribution is 0.322. The summed E-state index contributed by atoms with van der Waals surface area (Å²) in [5.41, 5.74) is 0. The van der Waals surface area contributed by atoms with Crippen LogP contribution in [0.5, 0.6) is 6.01 Å². The molecule has 0 bridgehead atoms. The fraction of sp³-hybridized carbons (Fsp3) is 0.667. The van der Waals surface area contributed by atoms with Crippen molar-refractivity contribution >= 4 is 17.7 Å². The summed E-state index contributed by atoms with van der Waals surface area (Å²) in [7, 11) is 1.51. The summed E-state index contributed by atoms with van der Waals surface area (Å²) >= 11 is 1.37. The summed E-state index contributed by atoms with van der Waals surface area (Å²) < 4.78 is 4.98. The average Bonchev–Trinajstić information content (AvgIpc) is 2.33. The molecule has 0 aromatic carbocycles. The Kier molecular flexibility index (Phi) is 5.87. The van der Waals surface area contributed by atoms with Gasteiger partial charge in [-0.1, -0.05) is 18.7 Å². The first kappa shape index (κ1) is 13.0. The molecule has 0 fully saturated rings. The maximum absolute atomic E-state index is 8.73. The van der Waals surface area contributed by atoms with Gasteiger partial charge in [0.1, 0.15) is 0 Å². The van der Waals surface area contributed by atoms with Gasteiger partial charge >= 0.3 is 6.01 Å². The fourth-order valence-electron chi connectivity index (χ4n) is 0.947. The Hall–Kier alpha value is -1.08. The van der Waals surface area contributed by atoms with Gasteiger partial charge in [0.05, 0.1) is 13.7 Å². The number of rotatable bonds is 7. The molecule has 6 nitrogen and oxygen atoms in total. The van der Waals surface area contributed by atoms with E-state index >= 15 is 0 Å². The molecule has 0 radical (unpaired) electrons. The van der Waals surface area contributed by atoms with Crippen LogP contribution in [0.2, 0.25) is 0 Å². The number of aliphatic hydroxyl groups is 1. The zero-order chi connectivity index (χ0) is 11.8. The molecule has 0 unspecified atom stereocenters. The number of nitrogens with zero attached hydrogens (tertiary/aromatic N) is 3. The van der Waals surface area contributed by atoms with Crippen molar-refractivity contribution in [3.8, 4) is 6.01 Å². The molecule has 1 heterocycles. The Labute approximate surface area is 98.9 Å². The van der Waals surface area contributed by atoms with Crippen LogP contribution in [0.4, 0.5) is 5.95 Å². The SMILES string of the molecule is CCCNc1nc(OC)nc(SCCO)n1. The number of anilines is 1. The van der Waals surface area contributed by atoms with Crippen molar-refractivity contribution in [3.05, 3.63) is 0 Å². The van der Waals surface area contributed by atoms with Crippen molar-refractivity contribution in [2.75, 3.05) is 31.3 Å². The highest BCUT2D eigenvalue weighted by atomic mass is 32.2. The standard InChI is InChI=1S/C9H16N4O2S/c1-3-4-10-7-11-8(15-2)13-9(12-7)16-6-5-14/h14H,3-6H2,1-2H3,(H,10,11,12,13). The molecule has 1 aromatic heterocycles. The molecule has 0 saturated heterocycles. The molecule has 0 aliphatic rings. The number of thioether (sulfide) groups is 1. The third-order valence-corrected chi connectivity index (χ3v) is 2.46. The van der Waals surface area contributed by atoms with Gasteiger partial charge in [-0.3, -0.25) is 0 Å². The predicted molar refractivity (Wildman–Crippen MR) is 63.0 cm³/mol. The van der Waals surface area contributed by atoms with E-state index in [1.54, 1.807) is 0 Å². The molecular formula is C9H16N4O2S. The summed E-state index contributed by atoms with van der Waals surface area (Å²) in [5.74, 6) is 1.06. The monoisotopic (exact) mass is 244 g/mol.